The van der Waals surface area contributed by atoms with Gasteiger partial charge in [-0.15, -0.1) is 12.4 Å². The van der Waals surface area contributed by atoms with E-state index in [9.17, 15) is 0 Å². The SMILES string of the molecule is Cl.Nc1cc(Cl)c(O)c(Br)c1. The average Bonchev–Trinajstić information content (AvgIpc) is 1.82. The summed E-state index contributed by atoms with van der Waals surface area (Å²) in [6.07, 6.45) is 0. The van der Waals surface area contributed by atoms with Crippen LogP contribution in [0.15, 0.2) is 16.6 Å². The molecule has 0 aliphatic carbocycles. The summed E-state index contributed by atoms with van der Waals surface area (Å²) in [7, 11) is 0. The Bertz CT molecular complexity index is 244. The summed E-state index contributed by atoms with van der Waals surface area (Å²) in [5, 5.41) is 9.35. The zero-order chi connectivity index (χ0) is 7.72. The summed E-state index contributed by atoms with van der Waals surface area (Å²) in [5.41, 5.74) is 5.93. The predicted molar refractivity (Wildman–Crippen MR) is 52.5 cm³/mol. The lowest BCUT2D eigenvalue weighted by Crippen LogP contribution is -1.83. The quantitative estimate of drug-likeness (QED) is 0.555. The molecule has 62 valence electrons. The number of hydrogen-bond donors (Lipinski definition) is 2. The highest BCUT2D eigenvalue weighted by molar-refractivity contribution is 9.10. The molecule has 0 radical (unpaired) electrons. The molecule has 1 rings (SSSR count). The van der Waals surface area contributed by atoms with Crippen LogP contribution in [0.5, 0.6) is 5.75 Å². The molecule has 0 unspecified atom stereocenters. The minimum absolute atomic E-state index is 0. The summed E-state index contributed by atoms with van der Waals surface area (Å²) in [6.45, 7) is 0. The predicted octanol–water partition coefficient (Wildman–Crippen LogP) is 2.81. The topological polar surface area (TPSA) is 46.2 Å². The molecule has 5 heteroatoms. The molecular weight excluding hydrogens is 253 g/mol. The van der Waals surface area contributed by atoms with Crippen molar-refractivity contribution >= 4 is 45.6 Å². The lowest BCUT2D eigenvalue weighted by Gasteiger charge is -1.99. The molecule has 0 bridgehead atoms. The van der Waals surface area contributed by atoms with Gasteiger partial charge in [-0.3, -0.25) is 0 Å². The van der Waals surface area contributed by atoms with Crippen LogP contribution in [0, 0.1) is 0 Å². The molecule has 3 N–H and O–H groups in total. The third-order valence-corrected chi connectivity index (χ3v) is 1.93. The van der Waals surface area contributed by atoms with Crippen LogP contribution in [-0.2, 0) is 0 Å². The maximum Gasteiger partial charge on any atom is 0.148 e. The number of hydrogen-bond acceptors (Lipinski definition) is 2. The monoisotopic (exact) mass is 257 g/mol. The van der Waals surface area contributed by atoms with Crippen molar-refractivity contribution in [2.24, 2.45) is 0 Å². The summed E-state index contributed by atoms with van der Waals surface area (Å²) in [5.74, 6) is 0.0240. The standard InChI is InChI=1S/C6H5BrClNO.ClH/c7-4-1-3(9)2-5(8)6(4)10;/h1-2,10H,9H2;1H. The van der Waals surface area contributed by atoms with Gasteiger partial charge in [-0.1, -0.05) is 11.6 Å². The van der Waals surface area contributed by atoms with E-state index in [0.29, 0.717) is 10.2 Å². The van der Waals surface area contributed by atoms with E-state index in [1.807, 2.05) is 0 Å². The van der Waals surface area contributed by atoms with Crippen molar-refractivity contribution in [2.45, 2.75) is 0 Å². The van der Waals surface area contributed by atoms with Gasteiger partial charge in [0.15, 0.2) is 0 Å². The molecule has 0 aromatic heterocycles. The van der Waals surface area contributed by atoms with E-state index in [0.717, 1.165) is 0 Å². The molecule has 0 saturated carbocycles. The van der Waals surface area contributed by atoms with Crippen molar-refractivity contribution in [1.29, 1.82) is 0 Å². The maximum absolute atomic E-state index is 9.10. The van der Waals surface area contributed by atoms with Gasteiger partial charge in [-0.05, 0) is 28.1 Å². The third-order valence-electron chi connectivity index (χ3n) is 1.04. The van der Waals surface area contributed by atoms with Crippen LogP contribution >= 0.6 is 39.9 Å². The molecule has 0 aliphatic rings. The van der Waals surface area contributed by atoms with Crippen molar-refractivity contribution in [3.8, 4) is 5.75 Å². The normalized spacial score (nSPS) is 8.91. The van der Waals surface area contributed by atoms with E-state index < -0.39 is 0 Å². The zero-order valence-corrected chi connectivity index (χ0v) is 8.50. The highest BCUT2D eigenvalue weighted by Crippen LogP contribution is 2.33. The van der Waals surface area contributed by atoms with Crippen LogP contribution < -0.4 is 5.73 Å². The fourth-order valence-electron chi connectivity index (χ4n) is 0.585. The number of phenols is 1. The summed E-state index contributed by atoms with van der Waals surface area (Å²) >= 11 is 8.64. The van der Waals surface area contributed by atoms with Crippen molar-refractivity contribution in [2.75, 3.05) is 5.73 Å². The molecule has 0 aliphatic heterocycles. The van der Waals surface area contributed by atoms with Gasteiger partial charge in [-0.25, -0.2) is 0 Å². The first-order valence-corrected chi connectivity index (χ1v) is 3.72. The van der Waals surface area contributed by atoms with Crippen LogP contribution in [-0.4, -0.2) is 5.11 Å². The molecule has 0 spiro atoms. The van der Waals surface area contributed by atoms with Gasteiger partial charge >= 0.3 is 0 Å². The highest BCUT2D eigenvalue weighted by Gasteiger charge is 2.02. The van der Waals surface area contributed by atoms with E-state index in [2.05, 4.69) is 15.9 Å². The second-order valence-corrected chi connectivity index (χ2v) is 3.09. The zero-order valence-electron chi connectivity index (χ0n) is 5.34. The number of nitrogen functional groups attached to an aromatic ring is 1. The highest BCUT2D eigenvalue weighted by atomic mass is 79.9. The minimum Gasteiger partial charge on any atom is -0.505 e. The number of halogens is 3. The Balaban J connectivity index is 0.000001000. The first-order valence-electron chi connectivity index (χ1n) is 2.54. The van der Waals surface area contributed by atoms with E-state index in [1.54, 1.807) is 6.07 Å². The Morgan fingerprint density at radius 2 is 2.00 bits per heavy atom. The molecule has 0 fully saturated rings. The minimum atomic E-state index is 0. The largest absolute Gasteiger partial charge is 0.505 e. The third kappa shape index (κ3) is 2.43. The lowest BCUT2D eigenvalue weighted by molar-refractivity contribution is 0.472. The smallest absolute Gasteiger partial charge is 0.148 e. The Kier molecular flexibility index (Phi) is 4.00. The molecule has 0 heterocycles. The van der Waals surface area contributed by atoms with Crippen LogP contribution in [0.4, 0.5) is 5.69 Å². The van der Waals surface area contributed by atoms with Crippen molar-refractivity contribution in [3.63, 3.8) is 0 Å². The molecule has 0 atom stereocenters. The second kappa shape index (κ2) is 4.04. The van der Waals surface area contributed by atoms with Crippen molar-refractivity contribution in [1.82, 2.24) is 0 Å². The van der Waals surface area contributed by atoms with Gasteiger partial charge in [0, 0.05) is 5.69 Å². The number of anilines is 1. The Morgan fingerprint density at radius 1 is 1.45 bits per heavy atom. The Labute approximate surface area is 83.9 Å². The van der Waals surface area contributed by atoms with Crippen LogP contribution in [0.3, 0.4) is 0 Å². The second-order valence-electron chi connectivity index (χ2n) is 1.83. The van der Waals surface area contributed by atoms with Gasteiger partial charge in [0.1, 0.15) is 5.75 Å². The number of rotatable bonds is 0. The summed E-state index contributed by atoms with van der Waals surface area (Å²) in [4.78, 5) is 0. The maximum atomic E-state index is 9.10. The van der Waals surface area contributed by atoms with E-state index in [-0.39, 0.29) is 23.2 Å². The van der Waals surface area contributed by atoms with E-state index >= 15 is 0 Å². The van der Waals surface area contributed by atoms with Crippen LogP contribution in [0.25, 0.3) is 0 Å². The van der Waals surface area contributed by atoms with Gasteiger partial charge in [-0.2, -0.15) is 0 Å². The Morgan fingerprint density at radius 3 is 2.45 bits per heavy atom. The van der Waals surface area contributed by atoms with Gasteiger partial charge < -0.3 is 10.8 Å². The van der Waals surface area contributed by atoms with Gasteiger partial charge in [0.05, 0.1) is 9.50 Å². The lowest BCUT2D eigenvalue weighted by atomic mass is 10.3. The van der Waals surface area contributed by atoms with E-state index in [4.69, 9.17) is 22.4 Å². The fourth-order valence-corrected chi connectivity index (χ4v) is 1.40. The number of phenolic OH excluding ortho intramolecular Hbond substituents is 1. The first-order chi connectivity index (χ1) is 4.61. The summed E-state index contributed by atoms with van der Waals surface area (Å²) in [6, 6.07) is 3.07. The fraction of sp³-hybridized carbons (Fsp3) is 0. The number of benzene rings is 1. The molecule has 1 aromatic rings. The molecule has 0 saturated heterocycles. The molecule has 2 nitrogen and oxygen atoms in total. The van der Waals surface area contributed by atoms with Crippen molar-refractivity contribution < 1.29 is 5.11 Å². The molecule has 0 amide bonds. The van der Waals surface area contributed by atoms with Gasteiger partial charge in [0.2, 0.25) is 0 Å². The van der Waals surface area contributed by atoms with Crippen molar-refractivity contribution in [3.05, 3.63) is 21.6 Å². The molecule has 1 aromatic carbocycles. The number of aromatic hydroxyl groups is 1. The van der Waals surface area contributed by atoms with Gasteiger partial charge in [0.25, 0.3) is 0 Å². The van der Waals surface area contributed by atoms with E-state index in [1.165, 1.54) is 6.07 Å². The van der Waals surface area contributed by atoms with Crippen LogP contribution in [0.2, 0.25) is 5.02 Å². The average molecular weight is 259 g/mol. The number of nitrogens with two attached hydrogens (primary N) is 1. The van der Waals surface area contributed by atoms with Crippen LogP contribution in [0.1, 0.15) is 0 Å². The summed E-state index contributed by atoms with van der Waals surface area (Å²) < 4.78 is 0.512. The molecule has 11 heavy (non-hydrogen) atoms. The first kappa shape index (κ1) is 10.9. The Hall–Kier alpha value is -0.120. The molecular formula is C6H6BrCl2NO.